The Labute approximate surface area is 107 Å². The van der Waals surface area contributed by atoms with Crippen LogP contribution in [0.15, 0.2) is 0 Å². The molecule has 1 aliphatic rings. The highest BCUT2D eigenvalue weighted by Crippen LogP contribution is 2.43. The van der Waals surface area contributed by atoms with E-state index in [1.807, 2.05) is 42.4 Å². The number of aliphatic hydroxyl groups is 1. The maximum Gasteiger partial charge on any atom is 0.0990 e. The van der Waals surface area contributed by atoms with Gasteiger partial charge in [-0.15, -0.1) is 0 Å². The Bertz CT molecular complexity index is 224. The molecule has 1 fully saturated rings. The SMILES string of the molecule is CC(C)(C)OC1C(O)CCCSSC1(C)C. The topological polar surface area (TPSA) is 29.5 Å². The standard InChI is InChI=1S/C12H24O2S2/c1-11(2,3)14-10-9(13)7-6-8-15-16-12(10,4)5/h9-10,13H,6-8H2,1-5H3. The molecule has 1 heterocycles. The lowest BCUT2D eigenvalue weighted by Gasteiger charge is -2.41. The summed E-state index contributed by atoms with van der Waals surface area (Å²) in [5, 5.41) is 10.2. The molecule has 1 aliphatic heterocycles. The van der Waals surface area contributed by atoms with Gasteiger partial charge in [0.05, 0.1) is 17.8 Å². The summed E-state index contributed by atoms with van der Waals surface area (Å²) in [6, 6.07) is 0. The zero-order chi connectivity index (χ0) is 12.4. The highest BCUT2D eigenvalue weighted by Gasteiger charge is 2.40. The molecule has 0 aromatic carbocycles. The molecule has 0 radical (unpaired) electrons. The van der Waals surface area contributed by atoms with E-state index in [9.17, 15) is 5.11 Å². The molecule has 0 amide bonds. The van der Waals surface area contributed by atoms with Gasteiger partial charge in [0.1, 0.15) is 0 Å². The van der Waals surface area contributed by atoms with Gasteiger partial charge >= 0.3 is 0 Å². The molecular weight excluding hydrogens is 240 g/mol. The second-order valence-corrected chi connectivity index (χ2v) is 8.94. The van der Waals surface area contributed by atoms with Crippen LogP contribution in [-0.4, -0.2) is 33.4 Å². The van der Waals surface area contributed by atoms with Gasteiger partial charge in [0.25, 0.3) is 0 Å². The van der Waals surface area contributed by atoms with Crippen molar-refractivity contribution in [2.45, 2.75) is 70.0 Å². The summed E-state index contributed by atoms with van der Waals surface area (Å²) in [6.07, 6.45) is 1.48. The van der Waals surface area contributed by atoms with Crippen molar-refractivity contribution in [3.05, 3.63) is 0 Å². The summed E-state index contributed by atoms with van der Waals surface area (Å²) in [7, 11) is 3.73. The molecule has 96 valence electrons. The molecule has 0 spiro atoms. The third-order valence-corrected chi connectivity index (χ3v) is 5.89. The fraction of sp³-hybridized carbons (Fsp3) is 1.00. The molecule has 1 N–H and O–H groups in total. The van der Waals surface area contributed by atoms with E-state index < -0.39 is 0 Å². The van der Waals surface area contributed by atoms with Crippen LogP contribution in [0.1, 0.15) is 47.5 Å². The first-order valence-corrected chi connectivity index (χ1v) is 8.21. The van der Waals surface area contributed by atoms with E-state index >= 15 is 0 Å². The van der Waals surface area contributed by atoms with Gasteiger partial charge < -0.3 is 9.84 Å². The highest BCUT2D eigenvalue weighted by molar-refractivity contribution is 8.77. The summed E-state index contributed by atoms with van der Waals surface area (Å²) in [4.78, 5) is 0. The third-order valence-electron chi connectivity index (χ3n) is 2.52. The van der Waals surface area contributed by atoms with Crippen molar-refractivity contribution in [2.24, 2.45) is 0 Å². The average molecular weight is 264 g/mol. The molecular formula is C12H24O2S2. The average Bonchev–Trinajstić information content (AvgIpc) is 2.10. The molecule has 2 atom stereocenters. The Hall–Kier alpha value is 0.620. The van der Waals surface area contributed by atoms with E-state index in [4.69, 9.17) is 4.74 Å². The molecule has 0 aromatic heterocycles. The summed E-state index contributed by atoms with van der Waals surface area (Å²) in [5.74, 6) is 1.12. The fourth-order valence-electron chi connectivity index (χ4n) is 1.81. The summed E-state index contributed by atoms with van der Waals surface area (Å²) in [6.45, 7) is 10.5. The highest BCUT2D eigenvalue weighted by atomic mass is 33.1. The van der Waals surface area contributed by atoms with Crippen molar-refractivity contribution in [1.82, 2.24) is 0 Å². The second kappa shape index (κ2) is 5.51. The molecule has 0 saturated carbocycles. The van der Waals surface area contributed by atoms with E-state index in [0.717, 1.165) is 18.6 Å². The van der Waals surface area contributed by atoms with Gasteiger partial charge in [-0.3, -0.25) is 0 Å². The summed E-state index contributed by atoms with van der Waals surface area (Å²) in [5.41, 5.74) is -0.201. The Balaban J connectivity index is 2.78. The lowest BCUT2D eigenvalue weighted by Crippen LogP contribution is -2.48. The second-order valence-electron chi connectivity index (χ2n) is 5.87. The Morgan fingerprint density at radius 3 is 2.50 bits per heavy atom. The molecule has 1 rings (SSSR count). The van der Waals surface area contributed by atoms with E-state index in [1.54, 1.807) is 0 Å². The smallest absolute Gasteiger partial charge is 0.0990 e. The molecule has 1 saturated heterocycles. The fourth-order valence-corrected chi connectivity index (χ4v) is 4.58. The van der Waals surface area contributed by atoms with E-state index in [0.29, 0.717) is 0 Å². The van der Waals surface area contributed by atoms with Crippen LogP contribution >= 0.6 is 21.6 Å². The molecule has 4 heteroatoms. The van der Waals surface area contributed by atoms with Crippen LogP contribution in [0, 0.1) is 0 Å². The first-order valence-electron chi connectivity index (χ1n) is 5.89. The zero-order valence-corrected chi connectivity index (χ0v) is 12.6. The monoisotopic (exact) mass is 264 g/mol. The predicted molar refractivity (Wildman–Crippen MR) is 74.0 cm³/mol. The van der Waals surface area contributed by atoms with Gasteiger partial charge in [-0.05, 0) is 47.5 Å². The van der Waals surface area contributed by atoms with Crippen molar-refractivity contribution < 1.29 is 9.84 Å². The largest absolute Gasteiger partial charge is 0.390 e. The van der Waals surface area contributed by atoms with Crippen LogP contribution in [-0.2, 0) is 4.74 Å². The number of hydrogen-bond acceptors (Lipinski definition) is 4. The lowest BCUT2D eigenvalue weighted by molar-refractivity contribution is -0.123. The molecule has 16 heavy (non-hydrogen) atoms. The van der Waals surface area contributed by atoms with Crippen molar-refractivity contribution in [3.8, 4) is 0 Å². The minimum Gasteiger partial charge on any atom is -0.390 e. The quantitative estimate of drug-likeness (QED) is 0.734. The van der Waals surface area contributed by atoms with Crippen LogP contribution in [0.5, 0.6) is 0 Å². The number of rotatable bonds is 1. The van der Waals surface area contributed by atoms with Gasteiger partial charge in [0.15, 0.2) is 0 Å². The van der Waals surface area contributed by atoms with Crippen LogP contribution in [0.2, 0.25) is 0 Å². The Kier molecular flexibility index (Phi) is 5.05. The molecule has 0 bridgehead atoms. The van der Waals surface area contributed by atoms with E-state index in [-0.39, 0.29) is 22.6 Å². The molecule has 0 aromatic rings. The first-order chi connectivity index (χ1) is 7.22. The maximum absolute atomic E-state index is 10.2. The van der Waals surface area contributed by atoms with Gasteiger partial charge in [-0.25, -0.2) is 0 Å². The summed E-state index contributed by atoms with van der Waals surface area (Å²) >= 11 is 0. The minimum atomic E-state index is -0.345. The van der Waals surface area contributed by atoms with Gasteiger partial charge in [0, 0.05) is 10.5 Å². The van der Waals surface area contributed by atoms with Crippen molar-refractivity contribution in [3.63, 3.8) is 0 Å². The van der Waals surface area contributed by atoms with Crippen LogP contribution in [0.4, 0.5) is 0 Å². The minimum absolute atomic E-state index is 0.0439. The maximum atomic E-state index is 10.2. The van der Waals surface area contributed by atoms with Gasteiger partial charge in [-0.2, -0.15) is 0 Å². The molecule has 2 unspecified atom stereocenters. The lowest BCUT2D eigenvalue weighted by atomic mass is 9.96. The zero-order valence-electron chi connectivity index (χ0n) is 10.9. The normalized spacial score (nSPS) is 31.9. The van der Waals surface area contributed by atoms with Gasteiger partial charge in [0.2, 0.25) is 0 Å². The van der Waals surface area contributed by atoms with E-state index in [1.165, 1.54) is 0 Å². The summed E-state index contributed by atoms with van der Waals surface area (Å²) < 4.78 is 6.01. The molecule has 0 aliphatic carbocycles. The third kappa shape index (κ3) is 4.47. The van der Waals surface area contributed by atoms with Crippen molar-refractivity contribution in [2.75, 3.05) is 5.75 Å². The van der Waals surface area contributed by atoms with Crippen LogP contribution in [0.3, 0.4) is 0 Å². The number of ether oxygens (including phenoxy) is 1. The van der Waals surface area contributed by atoms with Crippen LogP contribution in [0.25, 0.3) is 0 Å². The van der Waals surface area contributed by atoms with Crippen LogP contribution < -0.4 is 0 Å². The predicted octanol–water partition coefficient (Wildman–Crippen LogP) is 3.48. The number of aliphatic hydroxyl groups excluding tert-OH is 1. The Morgan fingerprint density at radius 1 is 1.31 bits per heavy atom. The number of hydrogen-bond donors (Lipinski definition) is 1. The Morgan fingerprint density at radius 2 is 1.94 bits per heavy atom. The van der Waals surface area contributed by atoms with Crippen molar-refractivity contribution in [1.29, 1.82) is 0 Å². The first kappa shape index (κ1) is 14.7. The van der Waals surface area contributed by atoms with Gasteiger partial charge in [-0.1, -0.05) is 21.6 Å². The van der Waals surface area contributed by atoms with Crippen molar-refractivity contribution >= 4 is 21.6 Å². The van der Waals surface area contributed by atoms with E-state index in [2.05, 4.69) is 13.8 Å². The molecule has 2 nitrogen and oxygen atoms in total.